The first-order valence-electron chi connectivity index (χ1n) is 3.38. The number of hydrogen-bond acceptors (Lipinski definition) is 6. The fraction of sp³-hybridized carbons (Fsp3) is 1.00. The maximum Gasteiger partial charge on any atom is 0.270 e. The van der Waals surface area contributed by atoms with E-state index in [1.54, 1.807) is 0 Å². The van der Waals surface area contributed by atoms with Gasteiger partial charge in [0.1, 0.15) is 5.75 Å². The minimum Gasteiger partial charge on any atom is -0.394 e. The minimum absolute atomic E-state index is 0.137. The Morgan fingerprint density at radius 2 is 2.08 bits per heavy atom. The molecule has 12 heavy (non-hydrogen) atoms. The van der Waals surface area contributed by atoms with Crippen molar-refractivity contribution in [2.75, 3.05) is 25.5 Å². The van der Waals surface area contributed by atoms with Gasteiger partial charge in [-0.15, -0.1) is 0 Å². The Morgan fingerprint density at radius 3 is 2.50 bits per heavy atom. The van der Waals surface area contributed by atoms with Crippen molar-refractivity contribution in [3.8, 4) is 0 Å². The largest absolute Gasteiger partial charge is 0.394 e. The molecule has 0 saturated carbocycles. The molecule has 1 atom stereocenters. The number of aliphatic hydroxyl groups excluding tert-OH is 2. The Hall–Kier alpha value is -0.210. The van der Waals surface area contributed by atoms with Crippen LogP contribution in [-0.2, 0) is 14.3 Å². The molecule has 1 unspecified atom stereocenters. The Bertz CT molecular complexity index is 202. The van der Waals surface area contributed by atoms with E-state index in [9.17, 15) is 8.42 Å². The van der Waals surface area contributed by atoms with Gasteiger partial charge in [-0.05, 0) is 0 Å². The third-order valence-electron chi connectivity index (χ3n) is 1.02. The molecule has 0 saturated heterocycles. The molecule has 0 aliphatic carbocycles. The highest BCUT2D eigenvalue weighted by molar-refractivity contribution is 7.86. The lowest BCUT2D eigenvalue weighted by molar-refractivity contribution is 0.185. The first-order chi connectivity index (χ1) is 5.52. The van der Waals surface area contributed by atoms with Gasteiger partial charge in [0.05, 0.1) is 19.3 Å². The van der Waals surface area contributed by atoms with Gasteiger partial charge in [0, 0.05) is 6.54 Å². The molecule has 7 heteroatoms. The molecule has 0 aromatic heterocycles. The van der Waals surface area contributed by atoms with Gasteiger partial charge in [-0.3, -0.25) is 4.18 Å². The predicted octanol–water partition coefficient (Wildman–Crippen LogP) is -2.36. The van der Waals surface area contributed by atoms with Crippen molar-refractivity contribution >= 4 is 10.1 Å². The normalized spacial score (nSPS) is 14.6. The van der Waals surface area contributed by atoms with Crippen LogP contribution < -0.4 is 5.73 Å². The molecule has 0 spiro atoms. The quantitative estimate of drug-likeness (QED) is 0.413. The molecular weight excluding hydrogens is 186 g/mol. The molecule has 4 N–H and O–H groups in total. The molecule has 0 radical (unpaired) electrons. The predicted molar refractivity (Wildman–Crippen MR) is 41.9 cm³/mol. The van der Waals surface area contributed by atoms with E-state index in [-0.39, 0.29) is 19.8 Å². The van der Waals surface area contributed by atoms with Crippen LogP contribution >= 0.6 is 0 Å². The standard InChI is InChI=1S/C5H13NO5S/c6-3-5(8)4-12(9,10)11-2-1-7/h5,7-8H,1-4,6H2. The van der Waals surface area contributed by atoms with Crippen molar-refractivity contribution in [3.05, 3.63) is 0 Å². The first-order valence-corrected chi connectivity index (χ1v) is 4.95. The molecule has 0 fully saturated rings. The molecule has 74 valence electrons. The highest BCUT2D eigenvalue weighted by Crippen LogP contribution is 1.95. The first kappa shape index (κ1) is 11.8. The number of rotatable bonds is 6. The Labute approximate surface area is 71.1 Å². The second-order valence-corrected chi connectivity index (χ2v) is 3.84. The van der Waals surface area contributed by atoms with E-state index in [1.807, 2.05) is 0 Å². The Morgan fingerprint density at radius 1 is 1.50 bits per heavy atom. The molecule has 0 aliphatic rings. The SMILES string of the molecule is NCC(O)CS(=O)(=O)OCCO. The van der Waals surface area contributed by atoms with Gasteiger partial charge in [0.2, 0.25) is 0 Å². The summed E-state index contributed by atoms with van der Waals surface area (Å²) in [6.07, 6.45) is -1.12. The average Bonchev–Trinajstić information content (AvgIpc) is 2.00. The van der Waals surface area contributed by atoms with Crippen LogP contribution in [-0.4, -0.2) is 50.2 Å². The van der Waals surface area contributed by atoms with Crippen LogP contribution in [0.4, 0.5) is 0 Å². The van der Waals surface area contributed by atoms with Gasteiger partial charge in [-0.2, -0.15) is 8.42 Å². The van der Waals surface area contributed by atoms with Crippen molar-refractivity contribution in [1.29, 1.82) is 0 Å². The van der Waals surface area contributed by atoms with Gasteiger partial charge in [0.25, 0.3) is 10.1 Å². The summed E-state index contributed by atoms with van der Waals surface area (Å²) in [5, 5.41) is 17.1. The van der Waals surface area contributed by atoms with Crippen molar-refractivity contribution in [1.82, 2.24) is 0 Å². The molecule has 6 nitrogen and oxygen atoms in total. The second-order valence-electron chi connectivity index (χ2n) is 2.16. The van der Waals surface area contributed by atoms with Crippen molar-refractivity contribution in [2.45, 2.75) is 6.10 Å². The van der Waals surface area contributed by atoms with E-state index in [2.05, 4.69) is 4.18 Å². The maximum absolute atomic E-state index is 10.8. The summed E-state index contributed by atoms with van der Waals surface area (Å²) in [7, 11) is -3.75. The molecule has 0 amide bonds. The number of hydrogen-bond donors (Lipinski definition) is 3. The summed E-state index contributed by atoms with van der Waals surface area (Å²) in [4.78, 5) is 0. The molecule has 0 bridgehead atoms. The van der Waals surface area contributed by atoms with E-state index in [0.29, 0.717) is 0 Å². The van der Waals surface area contributed by atoms with E-state index in [4.69, 9.17) is 15.9 Å². The molecule has 0 aromatic rings. The molecule has 0 aliphatic heterocycles. The van der Waals surface area contributed by atoms with E-state index >= 15 is 0 Å². The fourth-order valence-electron chi connectivity index (χ4n) is 0.516. The monoisotopic (exact) mass is 199 g/mol. The second kappa shape index (κ2) is 5.44. The zero-order valence-corrected chi connectivity index (χ0v) is 7.33. The van der Waals surface area contributed by atoms with Crippen LogP contribution in [0, 0.1) is 0 Å². The summed E-state index contributed by atoms with van der Waals surface area (Å²) in [5.74, 6) is -0.538. The van der Waals surface area contributed by atoms with Crippen LogP contribution in [0.2, 0.25) is 0 Å². The average molecular weight is 199 g/mol. The zero-order chi connectivity index (χ0) is 9.61. The Kier molecular flexibility index (Phi) is 5.34. The van der Waals surface area contributed by atoms with Gasteiger partial charge in [0.15, 0.2) is 0 Å². The summed E-state index contributed by atoms with van der Waals surface area (Å²) < 4.78 is 25.9. The summed E-state index contributed by atoms with van der Waals surface area (Å²) in [5.41, 5.74) is 4.99. The Balaban J connectivity index is 3.88. The maximum atomic E-state index is 10.8. The molecule has 0 rings (SSSR count). The highest BCUT2D eigenvalue weighted by Gasteiger charge is 2.16. The van der Waals surface area contributed by atoms with Gasteiger partial charge in [-0.25, -0.2) is 0 Å². The summed E-state index contributed by atoms with van der Waals surface area (Å²) in [6, 6.07) is 0. The van der Waals surface area contributed by atoms with Crippen molar-refractivity contribution < 1.29 is 22.8 Å². The lowest BCUT2D eigenvalue weighted by atomic mass is 10.4. The number of aliphatic hydroxyl groups is 2. The van der Waals surface area contributed by atoms with Crippen LogP contribution in [0.3, 0.4) is 0 Å². The summed E-state index contributed by atoms with van der Waals surface area (Å²) >= 11 is 0. The minimum atomic E-state index is -3.75. The lowest BCUT2D eigenvalue weighted by Gasteiger charge is -2.07. The smallest absolute Gasteiger partial charge is 0.270 e. The van der Waals surface area contributed by atoms with Crippen LogP contribution in [0.25, 0.3) is 0 Å². The van der Waals surface area contributed by atoms with E-state index < -0.39 is 22.0 Å². The fourth-order valence-corrected chi connectivity index (χ4v) is 1.55. The topological polar surface area (TPSA) is 110 Å². The highest BCUT2D eigenvalue weighted by atomic mass is 32.2. The van der Waals surface area contributed by atoms with E-state index in [0.717, 1.165) is 0 Å². The van der Waals surface area contributed by atoms with Crippen molar-refractivity contribution in [2.24, 2.45) is 5.73 Å². The molecule has 0 aromatic carbocycles. The zero-order valence-electron chi connectivity index (χ0n) is 6.51. The third kappa shape index (κ3) is 5.44. The van der Waals surface area contributed by atoms with Crippen molar-refractivity contribution in [3.63, 3.8) is 0 Å². The van der Waals surface area contributed by atoms with Crippen LogP contribution in [0.1, 0.15) is 0 Å². The van der Waals surface area contributed by atoms with Gasteiger partial charge < -0.3 is 15.9 Å². The molecular formula is C5H13NO5S. The van der Waals surface area contributed by atoms with E-state index in [1.165, 1.54) is 0 Å². The van der Waals surface area contributed by atoms with Crippen LogP contribution in [0.5, 0.6) is 0 Å². The van der Waals surface area contributed by atoms with Gasteiger partial charge in [-0.1, -0.05) is 0 Å². The number of nitrogens with two attached hydrogens (primary N) is 1. The lowest BCUT2D eigenvalue weighted by Crippen LogP contribution is -2.29. The van der Waals surface area contributed by atoms with Crippen LogP contribution in [0.15, 0.2) is 0 Å². The third-order valence-corrected chi connectivity index (χ3v) is 2.34. The summed E-state index contributed by atoms with van der Waals surface area (Å²) in [6.45, 7) is -0.806. The molecule has 0 heterocycles. The van der Waals surface area contributed by atoms with Gasteiger partial charge >= 0.3 is 0 Å².